The van der Waals surface area contributed by atoms with Gasteiger partial charge < -0.3 is 14.7 Å². The fraction of sp³-hybridized carbons (Fsp3) is 0.556. The van der Waals surface area contributed by atoms with Gasteiger partial charge in [-0.1, -0.05) is 12.1 Å². The molecule has 1 aliphatic rings. The molecular formula is C18H23F2N3O2. The summed E-state index contributed by atoms with van der Waals surface area (Å²) >= 11 is 0. The van der Waals surface area contributed by atoms with Crippen LogP contribution >= 0.6 is 0 Å². The maximum Gasteiger partial charge on any atom is 0.297 e. The molecule has 5 nitrogen and oxygen atoms in total. The van der Waals surface area contributed by atoms with Crippen LogP contribution in [0.1, 0.15) is 38.4 Å². The van der Waals surface area contributed by atoms with Crippen molar-refractivity contribution >= 4 is 10.9 Å². The van der Waals surface area contributed by atoms with Crippen molar-refractivity contribution in [3.63, 3.8) is 0 Å². The van der Waals surface area contributed by atoms with Crippen LogP contribution in [0.25, 0.3) is 10.9 Å². The van der Waals surface area contributed by atoms with Gasteiger partial charge in [-0.15, -0.1) is 0 Å². The van der Waals surface area contributed by atoms with E-state index in [1.807, 2.05) is 6.92 Å². The zero-order valence-electron chi connectivity index (χ0n) is 14.3. The van der Waals surface area contributed by atoms with Gasteiger partial charge in [0.15, 0.2) is 5.82 Å². The highest BCUT2D eigenvalue weighted by Gasteiger charge is 2.26. The van der Waals surface area contributed by atoms with Crippen LogP contribution < -0.4 is 4.74 Å². The highest BCUT2D eigenvalue weighted by Crippen LogP contribution is 2.26. The van der Waals surface area contributed by atoms with E-state index in [0.717, 1.165) is 38.9 Å². The second-order valence-corrected chi connectivity index (χ2v) is 6.75. The Kier molecular flexibility index (Phi) is 5.44. The lowest BCUT2D eigenvalue weighted by molar-refractivity contribution is -0.00605. The molecule has 0 atom stereocenters. The molecule has 1 aromatic carbocycles. The fourth-order valence-corrected chi connectivity index (χ4v) is 2.99. The normalized spacial score (nSPS) is 18.0. The molecule has 0 saturated carbocycles. The second-order valence-electron chi connectivity index (χ2n) is 6.75. The van der Waals surface area contributed by atoms with E-state index in [0.29, 0.717) is 17.5 Å². The quantitative estimate of drug-likeness (QED) is 0.810. The number of halogens is 2. The first kappa shape index (κ1) is 17.9. The number of ether oxygens (including phenoxy) is 1. The van der Waals surface area contributed by atoms with Crippen LogP contribution in [0.2, 0.25) is 0 Å². The van der Waals surface area contributed by atoms with Crippen LogP contribution in [-0.2, 0) is 0 Å². The van der Waals surface area contributed by atoms with Crippen molar-refractivity contribution in [2.24, 2.45) is 0 Å². The first-order chi connectivity index (χ1) is 11.9. The minimum atomic E-state index is -2.73. The summed E-state index contributed by atoms with van der Waals surface area (Å²) in [6.45, 7) is 4.84. The summed E-state index contributed by atoms with van der Waals surface area (Å²) in [5, 5.41) is 10.6. The Labute approximate surface area is 145 Å². The third-order valence-electron chi connectivity index (χ3n) is 4.57. The third-order valence-corrected chi connectivity index (χ3v) is 4.57. The number of hydrogen-bond acceptors (Lipinski definition) is 5. The van der Waals surface area contributed by atoms with Crippen LogP contribution in [0.3, 0.4) is 0 Å². The number of rotatable bonds is 6. The lowest BCUT2D eigenvalue weighted by Gasteiger charge is -2.35. The molecular weight excluding hydrogens is 328 g/mol. The molecule has 1 fully saturated rings. The van der Waals surface area contributed by atoms with Crippen molar-refractivity contribution in [2.75, 3.05) is 26.2 Å². The van der Waals surface area contributed by atoms with Gasteiger partial charge >= 0.3 is 0 Å². The van der Waals surface area contributed by atoms with Gasteiger partial charge in [0, 0.05) is 19.6 Å². The van der Waals surface area contributed by atoms with E-state index >= 15 is 0 Å². The van der Waals surface area contributed by atoms with Crippen LogP contribution in [-0.4, -0.2) is 51.8 Å². The summed E-state index contributed by atoms with van der Waals surface area (Å²) in [6, 6.07) is 7.00. The number of nitrogens with zero attached hydrogens (tertiary/aromatic N) is 3. The Balaban J connectivity index is 1.58. The van der Waals surface area contributed by atoms with Crippen LogP contribution in [0.5, 0.6) is 5.88 Å². The molecule has 136 valence electrons. The Bertz CT molecular complexity index is 715. The molecule has 2 heterocycles. The van der Waals surface area contributed by atoms with Crippen LogP contribution in [0.15, 0.2) is 24.3 Å². The van der Waals surface area contributed by atoms with Gasteiger partial charge in [0.25, 0.3) is 6.43 Å². The molecule has 1 aliphatic heterocycles. The van der Waals surface area contributed by atoms with E-state index in [9.17, 15) is 13.9 Å². The Hall–Kier alpha value is -1.86. The number of para-hydroxylation sites is 1. The average molecular weight is 351 g/mol. The molecule has 2 aromatic rings. The molecule has 1 saturated heterocycles. The third kappa shape index (κ3) is 4.61. The molecule has 7 heteroatoms. The molecule has 0 spiro atoms. The van der Waals surface area contributed by atoms with Gasteiger partial charge in [-0.05, 0) is 38.3 Å². The highest BCUT2D eigenvalue weighted by molar-refractivity contribution is 5.83. The molecule has 1 aromatic heterocycles. The first-order valence-electron chi connectivity index (χ1n) is 8.57. The van der Waals surface area contributed by atoms with Gasteiger partial charge in [0.05, 0.1) is 23.1 Å². The Morgan fingerprint density at radius 2 is 1.96 bits per heavy atom. The lowest BCUT2D eigenvalue weighted by atomic mass is 9.94. The zero-order chi connectivity index (χ0) is 17.9. The number of alkyl halides is 2. The van der Waals surface area contributed by atoms with Crippen molar-refractivity contribution in [1.29, 1.82) is 0 Å². The molecule has 3 rings (SSSR count). The predicted octanol–water partition coefficient (Wildman–Crippen LogP) is 3.18. The molecule has 0 amide bonds. The van der Waals surface area contributed by atoms with E-state index in [1.165, 1.54) is 0 Å². The van der Waals surface area contributed by atoms with Gasteiger partial charge in [-0.2, -0.15) is 4.98 Å². The van der Waals surface area contributed by atoms with Crippen LogP contribution in [0.4, 0.5) is 8.78 Å². The second kappa shape index (κ2) is 7.58. The van der Waals surface area contributed by atoms with E-state index in [2.05, 4.69) is 14.9 Å². The predicted molar refractivity (Wildman–Crippen MR) is 90.9 cm³/mol. The Morgan fingerprint density at radius 1 is 1.24 bits per heavy atom. The summed E-state index contributed by atoms with van der Waals surface area (Å²) in [5.74, 6) is -0.297. The summed E-state index contributed by atoms with van der Waals surface area (Å²) in [6.07, 6.45) is -0.428. The SMILES string of the molecule is CC1(O)CCN(CCCOc2nc(C(F)F)nc3ccccc23)CC1. The highest BCUT2D eigenvalue weighted by atomic mass is 19.3. The standard InChI is InChI=1S/C18H23F2N3O2/c1-18(24)7-10-23(11-8-18)9-4-12-25-17-13-5-2-3-6-14(13)21-16(22-17)15(19)20/h2-3,5-6,15,24H,4,7-12H2,1H3. The summed E-state index contributed by atoms with van der Waals surface area (Å²) in [5.41, 5.74) is -0.0977. The zero-order valence-corrected chi connectivity index (χ0v) is 14.3. The van der Waals surface area contributed by atoms with Crippen molar-refractivity contribution in [3.05, 3.63) is 30.1 Å². The summed E-state index contributed by atoms with van der Waals surface area (Å²) in [7, 11) is 0. The number of aliphatic hydroxyl groups is 1. The minimum Gasteiger partial charge on any atom is -0.477 e. The number of piperidine rings is 1. The topological polar surface area (TPSA) is 58.5 Å². The van der Waals surface area contributed by atoms with Gasteiger partial charge in [-0.25, -0.2) is 13.8 Å². The number of likely N-dealkylation sites (tertiary alicyclic amines) is 1. The first-order valence-corrected chi connectivity index (χ1v) is 8.57. The summed E-state index contributed by atoms with van der Waals surface area (Å²) in [4.78, 5) is 10.0. The smallest absolute Gasteiger partial charge is 0.297 e. The number of hydrogen-bond donors (Lipinski definition) is 1. The summed E-state index contributed by atoms with van der Waals surface area (Å²) < 4.78 is 31.6. The minimum absolute atomic E-state index is 0.211. The van der Waals surface area contributed by atoms with Gasteiger partial charge in [0.1, 0.15) is 0 Å². The fourth-order valence-electron chi connectivity index (χ4n) is 2.99. The average Bonchev–Trinajstić information content (AvgIpc) is 2.59. The van der Waals surface area contributed by atoms with E-state index < -0.39 is 17.9 Å². The van der Waals surface area contributed by atoms with Crippen molar-refractivity contribution < 1.29 is 18.6 Å². The lowest BCUT2D eigenvalue weighted by Crippen LogP contribution is -2.42. The molecule has 0 unspecified atom stereocenters. The van der Waals surface area contributed by atoms with E-state index in [4.69, 9.17) is 4.74 Å². The van der Waals surface area contributed by atoms with Crippen molar-refractivity contribution in [2.45, 2.75) is 38.2 Å². The van der Waals surface area contributed by atoms with Crippen molar-refractivity contribution in [3.8, 4) is 5.88 Å². The maximum atomic E-state index is 13.0. The Morgan fingerprint density at radius 3 is 2.68 bits per heavy atom. The number of aromatic nitrogens is 2. The van der Waals surface area contributed by atoms with Crippen LogP contribution in [0, 0.1) is 0 Å². The monoisotopic (exact) mass is 351 g/mol. The van der Waals surface area contributed by atoms with E-state index in [-0.39, 0.29) is 5.88 Å². The number of benzene rings is 1. The molecule has 1 N–H and O–H groups in total. The largest absolute Gasteiger partial charge is 0.477 e. The van der Waals surface area contributed by atoms with Gasteiger partial charge in [0.2, 0.25) is 5.88 Å². The molecule has 0 radical (unpaired) electrons. The van der Waals surface area contributed by atoms with Crippen molar-refractivity contribution in [1.82, 2.24) is 14.9 Å². The maximum absolute atomic E-state index is 13.0. The molecule has 0 bridgehead atoms. The number of fused-ring (bicyclic) bond motifs is 1. The molecule has 0 aliphatic carbocycles. The molecule has 25 heavy (non-hydrogen) atoms. The van der Waals surface area contributed by atoms with Gasteiger partial charge in [-0.3, -0.25) is 0 Å². The van der Waals surface area contributed by atoms with E-state index in [1.54, 1.807) is 24.3 Å².